The summed E-state index contributed by atoms with van der Waals surface area (Å²) in [6, 6.07) is 4.84. The standard InChI is InChI=1S/C27H29NO8/c28-26(34)20-16(30)10-14-23-19-13(9-17(36-23)11-5-2-1-3-6-11)12-7-4-8-15(29)18(12)22(31)21(19)25(33)27(14,35)24(20)32/h4,7-9,11,13-14,16,19-20,23,29-31,35H,1-3,5-6,10H2,(H2,28,34)/t13-,14+,16?,19+,20?,23+,27+/m0/s1. The summed E-state index contributed by atoms with van der Waals surface area (Å²) in [6.07, 6.45) is 4.35. The number of amides is 1. The Morgan fingerprint density at radius 3 is 2.53 bits per heavy atom. The Hall–Kier alpha value is -3.17. The van der Waals surface area contributed by atoms with Gasteiger partial charge < -0.3 is 30.9 Å². The van der Waals surface area contributed by atoms with E-state index in [1.165, 1.54) is 6.07 Å². The fourth-order valence-corrected chi connectivity index (χ4v) is 7.32. The van der Waals surface area contributed by atoms with E-state index in [2.05, 4.69) is 0 Å². The third-order valence-corrected chi connectivity index (χ3v) is 8.99. The van der Waals surface area contributed by atoms with Crippen molar-refractivity contribution in [1.82, 2.24) is 0 Å². The lowest BCUT2D eigenvalue weighted by Gasteiger charge is -2.55. The van der Waals surface area contributed by atoms with E-state index in [0.717, 1.165) is 32.1 Å². The second kappa shape index (κ2) is 7.91. The number of phenolic OH excluding ortho intramolecular Hbond substituents is 1. The van der Waals surface area contributed by atoms with Crippen molar-refractivity contribution >= 4 is 23.2 Å². The van der Waals surface area contributed by atoms with Gasteiger partial charge >= 0.3 is 0 Å². The van der Waals surface area contributed by atoms with E-state index in [-0.39, 0.29) is 29.2 Å². The Morgan fingerprint density at radius 1 is 1.11 bits per heavy atom. The molecule has 1 amide bonds. The minimum absolute atomic E-state index is 0.0822. The zero-order valence-electron chi connectivity index (χ0n) is 19.6. The van der Waals surface area contributed by atoms with Crippen molar-refractivity contribution in [2.45, 2.75) is 62.3 Å². The van der Waals surface area contributed by atoms with Crippen molar-refractivity contribution < 1.29 is 39.5 Å². The Kier molecular flexibility index (Phi) is 5.11. The van der Waals surface area contributed by atoms with Gasteiger partial charge in [-0.05, 0) is 37.0 Å². The summed E-state index contributed by atoms with van der Waals surface area (Å²) in [7, 11) is 0. The van der Waals surface area contributed by atoms with Crippen LogP contribution in [0.1, 0.15) is 55.6 Å². The number of aromatic hydroxyl groups is 1. The number of ketones is 2. The molecule has 0 aromatic heterocycles. The number of nitrogens with two attached hydrogens (primary N) is 1. The highest BCUT2D eigenvalue weighted by molar-refractivity contribution is 6.25. The van der Waals surface area contributed by atoms with E-state index in [0.29, 0.717) is 11.3 Å². The molecule has 1 aromatic carbocycles. The van der Waals surface area contributed by atoms with E-state index in [9.17, 15) is 34.8 Å². The topological polar surface area (TPSA) is 167 Å². The van der Waals surface area contributed by atoms with Gasteiger partial charge in [-0.1, -0.05) is 31.4 Å². The molecule has 6 N–H and O–H groups in total. The average Bonchev–Trinajstić information content (AvgIpc) is 2.85. The van der Waals surface area contributed by atoms with Crippen LogP contribution in [0.25, 0.3) is 5.76 Å². The third-order valence-electron chi connectivity index (χ3n) is 8.99. The number of allylic oxidation sites excluding steroid dienone is 2. The quantitative estimate of drug-likeness (QED) is 0.386. The van der Waals surface area contributed by atoms with E-state index in [1.807, 2.05) is 6.08 Å². The Bertz CT molecular complexity index is 1240. The van der Waals surface area contributed by atoms with Crippen LogP contribution in [-0.2, 0) is 19.1 Å². The van der Waals surface area contributed by atoms with Crippen LogP contribution in [0.2, 0.25) is 0 Å². The van der Waals surface area contributed by atoms with Gasteiger partial charge in [0.2, 0.25) is 11.7 Å². The molecule has 190 valence electrons. The molecule has 0 spiro atoms. The van der Waals surface area contributed by atoms with Crippen molar-refractivity contribution in [3.8, 4) is 5.75 Å². The predicted octanol–water partition coefficient (Wildman–Crippen LogP) is 1.60. The highest BCUT2D eigenvalue weighted by atomic mass is 16.5. The summed E-state index contributed by atoms with van der Waals surface area (Å²) in [6.45, 7) is 0. The Morgan fingerprint density at radius 2 is 1.83 bits per heavy atom. The number of fused-ring (bicyclic) bond motifs is 4. The second-order valence-corrected chi connectivity index (χ2v) is 10.8. The van der Waals surface area contributed by atoms with Gasteiger partial charge in [-0.25, -0.2) is 0 Å². The molecule has 3 fully saturated rings. The minimum atomic E-state index is -2.70. The van der Waals surface area contributed by atoms with E-state index in [1.54, 1.807) is 12.1 Å². The lowest BCUT2D eigenvalue weighted by Crippen LogP contribution is -2.71. The molecule has 0 radical (unpaired) electrons. The molecule has 0 saturated heterocycles. The third kappa shape index (κ3) is 2.93. The van der Waals surface area contributed by atoms with Crippen molar-refractivity contribution in [2.75, 3.05) is 0 Å². The van der Waals surface area contributed by atoms with Gasteiger partial charge in [0.15, 0.2) is 11.4 Å². The van der Waals surface area contributed by atoms with E-state index >= 15 is 0 Å². The lowest BCUT2D eigenvalue weighted by atomic mass is 9.52. The van der Waals surface area contributed by atoms with Crippen LogP contribution in [0.4, 0.5) is 0 Å². The second-order valence-electron chi connectivity index (χ2n) is 10.8. The maximum absolute atomic E-state index is 13.9. The van der Waals surface area contributed by atoms with Crippen LogP contribution in [0.5, 0.6) is 5.75 Å². The zero-order chi connectivity index (χ0) is 25.5. The Labute approximate surface area is 207 Å². The molecule has 5 aliphatic rings. The molecule has 3 saturated carbocycles. The number of rotatable bonds is 2. The van der Waals surface area contributed by atoms with Gasteiger partial charge in [0.25, 0.3) is 0 Å². The van der Waals surface area contributed by atoms with Gasteiger partial charge in [-0.2, -0.15) is 0 Å². The molecule has 36 heavy (non-hydrogen) atoms. The number of Topliss-reactive ketones (excluding diaryl/α,β-unsaturated/α-hetero) is 2. The van der Waals surface area contributed by atoms with Gasteiger partial charge in [0.05, 0.1) is 17.4 Å². The number of aliphatic hydroxyl groups is 3. The van der Waals surface area contributed by atoms with Crippen LogP contribution >= 0.6 is 0 Å². The summed E-state index contributed by atoms with van der Waals surface area (Å²) in [5, 5.41) is 44.3. The first-order chi connectivity index (χ1) is 17.2. The summed E-state index contributed by atoms with van der Waals surface area (Å²) in [4.78, 5) is 39.3. The number of carbonyl (C=O) groups excluding carboxylic acids is 3. The number of primary amides is 1. The molecule has 1 heterocycles. The normalized spacial score (nSPS) is 37.9. The molecular formula is C27H29NO8. The number of phenols is 1. The first kappa shape index (κ1) is 23.2. The van der Waals surface area contributed by atoms with Gasteiger partial charge in [0, 0.05) is 29.2 Å². The number of benzene rings is 1. The first-order valence-corrected chi connectivity index (χ1v) is 12.6. The van der Waals surface area contributed by atoms with Gasteiger partial charge in [-0.15, -0.1) is 0 Å². The van der Waals surface area contributed by atoms with Crippen molar-refractivity contribution in [2.24, 2.45) is 29.4 Å². The highest BCUT2D eigenvalue weighted by Crippen LogP contribution is 2.59. The smallest absolute Gasteiger partial charge is 0.230 e. The highest BCUT2D eigenvalue weighted by Gasteiger charge is 2.69. The maximum atomic E-state index is 13.9. The average molecular weight is 496 g/mol. The molecular weight excluding hydrogens is 466 g/mol. The molecule has 9 nitrogen and oxygen atoms in total. The maximum Gasteiger partial charge on any atom is 0.230 e. The number of hydrogen-bond acceptors (Lipinski definition) is 8. The molecule has 1 aromatic rings. The molecule has 0 bridgehead atoms. The summed E-state index contributed by atoms with van der Waals surface area (Å²) >= 11 is 0. The predicted molar refractivity (Wildman–Crippen MR) is 125 cm³/mol. The van der Waals surface area contributed by atoms with Crippen molar-refractivity contribution in [1.29, 1.82) is 0 Å². The molecule has 2 unspecified atom stereocenters. The van der Waals surface area contributed by atoms with Crippen LogP contribution < -0.4 is 5.73 Å². The van der Waals surface area contributed by atoms with Crippen LogP contribution in [0.15, 0.2) is 35.6 Å². The molecule has 6 rings (SSSR count). The van der Waals surface area contributed by atoms with Gasteiger partial charge in [0.1, 0.15) is 23.5 Å². The van der Waals surface area contributed by atoms with E-state index < -0.39 is 64.7 Å². The summed E-state index contributed by atoms with van der Waals surface area (Å²) in [5.74, 6) is -7.37. The van der Waals surface area contributed by atoms with Gasteiger partial charge in [-0.3, -0.25) is 14.4 Å². The van der Waals surface area contributed by atoms with Crippen LogP contribution in [0.3, 0.4) is 0 Å². The number of aliphatic hydroxyl groups excluding tert-OH is 2. The molecule has 9 heteroatoms. The zero-order valence-corrected chi connectivity index (χ0v) is 19.6. The van der Waals surface area contributed by atoms with E-state index in [4.69, 9.17) is 10.5 Å². The van der Waals surface area contributed by atoms with Crippen LogP contribution in [0, 0.1) is 23.7 Å². The lowest BCUT2D eigenvalue weighted by molar-refractivity contribution is -0.189. The minimum Gasteiger partial charge on any atom is -0.507 e. The molecule has 1 aliphatic heterocycles. The molecule has 4 aliphatic carbocycles. The number of hydrogen-bond donors (Lipinski definition) is 5. The monoisotopic (exact) mass is 495 g/mol. The fraction of sp³-hybridized carbons (Fsp3) is 0.519. The SMILES string of the molecule is NC(=O)C1C(=O)[C@@]2(O)C(=O)C3=C(O)c4c(O)cccc4[C@@H]4C=C(C5CCCCC5)O[C@@H]([C@@H]34)[C@H]2CC1O. The summed E-state index contributed by atoms with van der Waals surface area (Å²) in [5.41, 5.74) is 3.16. The number of ether oxygens (including phenoxy) is 1. The largest absolute Gasteiger partial charge is 0.507 e. The van der Waals surface area contributed by atoms with Crippen molar-refractivity contribution in [3.05, 3.63) is 46.7 Å². The number of carbonyl (C=O) groups is 3. The molecule has 7 atom stereocenters. The fourth-order valence-electron chi connectivity index (χ4n) is 7.32. The Balaban J connectivity index is 1.58. The first-order valence-electron chi connectivity index (χ1n) is 12.6. The van der Waals surface area contributed by atoms with Crippen LogP contribution in [-0.4, -0.2) is 55.7 Å². The summed E-state index contributed by atoms with van der Waals surface area (Å²) < 4.78 is 6.50. The van der Waals surface area contributed by atoms with Crippen molar-refractivity contribution in [3.63, 3.8) is 0 Å².